The van der Waals surface area contributed by atoms with Crippen molar-refractivity contribution in [1.29, 1.82) is 0 Å². The monoisotopic (exact) mass is 494 g/mol. The average molecular weight is 494 g/mol. The summed E-state index contributed by atoms with van der Waals surface area (Å²) < 4.78 is 11.4. The molecule has 2 aromatic rings. The first kappa shape index (κ1) is 20.6. The fourth-order valence-electron chi connectivity index (χ4n) is 3.70. The predicted octanol–water partition coefficient (Wildman–Crippen LogP) is 3.50. The van der Waals surface area contributed by atoms with E-state index in [1.165, 1.54) is 11.3 Å². The van der Waals surface area contributed by atoms with Gasteiger partial charge >= 0.3 is 0 Å². The second kappa shape index (κ2) is 9.36. The molecule has 0 radical (unpaired) electrons. The lowest BCUT2D eigenvalue weighted by molar-refractivity contribution is 0.297. The van der Waals surface area contributed by atoms with Gasteiger partial charge in [0.05, 0.1) is 13.2 Å². The van der Waals surface area contributed by atoms with E-state index in [0.717, 1.165) is 36.6 Å². The fourth-order valence-corrected chi connectivity index (χ4v) is 3.70. The number of hydrogen-bond acceptors (Lipinski definition) is 4. The Labute approximate surface area is 183 Å². The maximum atomic E-state index is 6.11. The maximum absolute atomic E-state index is 6.11. The number of benzene rings is 2. The molecule has 0 saturated carbocycles. The van der Waals surface area contributed by atoms with Gasteiger partial charge in [0.2, 0.25) is 0 Å². The first-order chi connectivity index (χ1) is 13.2. The van der Waals surface area contributed by atoms with Gasteiger partial charge in [0.15, 0.2) is 17.5 Å². The summed E-state index contributed by atoms with van der Waals surface area (Å²) in [5.74, 6) is 2.40. The summed E-state index contributed by atoms with van der Waals surface area (Å²) in [6.45, 7) is 3.03. The van der Waals surface area contributed by atoms with Crippen molar-refractivity contribution >= 4 is 41.3 Å². The normalized spacial score (nSPS) is 18.5. The smallest absolute Gasteiger partial charge is 0.193 e. The second-order valence-corrected chi connectivity index (χ2v) is 7.14. The highest BCUT2D eigenvalue weighted by atomic mass is 127. The molecule has 2 aliphatic rings. The number of rotatable bonds is 3. The molecule has 3 N–H and O–H groups in total. The lowest BCUT2D eigenvalue weighted by atomic mass is 9.93. The molecule has 2 aromatic carbocycles. The topological polar surface area (TPSA) is 72.1 Å². The molecule has 0 amide bonds. The van der Waals surface area contributed by atoms with Gasteiger partial charge in [0.25, 0.3) is 0 Å². The minimum atomic E-state index is 0. The predicted molar refractivity (Wildman–Crippen MR) is 124 cm³/mol. The van der Waals surface area contributed by atoms with Crippen LogP contribution in [0.25, 0.3) is 0 Å². The zero-order valence-corrected chi connectivity index (χ0v) is 18.4. The third-order valence-electron chi connectivity index (χ3n) is 4.98. The van der Waals surface area contributed by atoms with Gasteiger partial charge < -0.3 is 25.4 Å². The molecular formula is C21H27IN4O2. The Bertz CT molecular complexity index is 843. The number of nitrogens with one attached hydrogen (secondary N) is 1. The quantitative estimate of drug-likeness (QED) is 0.389. The number of nitrogens with zero attached hydrogens (tertiary/aromatic N) is 2. The van der Waals surface area contributed by atoms with Gasteiger partial charge in [-0.3, -0.25) is 4.99 Å². The van der Waals surface area contributed by atoms with Gasteiger partial charge in [-0.05, 0) is 30.2 Å². The van der Waals surface area contributed by atoms with Crippen molar-refractivity contribution in [3.05, 3.63) is 48.0 Å². The van der Waals surface area contributed by atoms with E-state index in [0.29, 0.717) is 31.6 Å². The zero-order chi connectivity index (χ0) is 18.6. The number of para-hydroxylation sites is 1. The number of nitrogens with two attached hydrogens (primary N) is 1. The molecule has 0 saturated heterocycles. The van der Waals surface area contributed by atoms with E-state index in [-0.39, 0.29) is 24.0 Å². The largest absolute Gasteiger partial charge is 0.490 e. The van der Waals surface area contributed by atoms with Gasteiger partial charge in [0, 0.05) is 49.9 Å². The van der Waals surface area contributed by atoms with E-state index < -0.39 is 0 Å². The van der Waals surface area contributed by atoms with Crippen LogP contribution in [0, 0.1) is 5.92 Å². The SMILES string of the molecule is CN1CC(CN=C(N)Nc2ccc3c(c2)OCCCO3)Cc2ccccc21.I. The lowest BCUT2D eigenvalue weighted by Gasteiger charge is -2.32. The Balaban J connectivity index is 0.00000225. The van der Waals surface area contributed by atoms with Crippen molar-refractivity contribution in [3.63, 3.8) is 0 Å². The summed E-state index contributed by atoms with van der Waals surface area (Å²) >= 11 is 0. The summed E-state index contributed by atoms with van der Waals surface area (Å²) in [5, 5.41) is 3.16. The van der Waals surface area contributed by atoms with Crippen molar-refractivity contribution in [1.82, 2.24) is 0 Å². The molecule has 28 heavy (non-hydrogen) atoms. The number of fused-ring (bicyclic) bond motifs is 2. The molecule has 1 atom stereocenters. The van der Waals surface area contributed by atoms with Crippen molar-refractivity contribution in [3.8, 4) is 11.5 Å². The van der Waals surface area contributed by atoms with Crippen LogP contribution >= 0.6 is 24.0 Å². The maximum Gasteiger partial charge on any atom is 0.193 e. The highest BCUT2D eigenvalue weighted by molar-refractivity contribution is 14.0. The van der Waals surface area contributed by atoms with Crippen molar-refractivity contribution in [2.24, 2.45) is 16.6 Å². The molecule has 1 unspecified atom stereocenters. The van der Waals surface area contributed by atoms with Gasteiger partial charge in [-0.25, -0.2) is 0 Å². The third-order valence-corrected chi connectivity index (χ3v) is 4.98. The minimum absolute atomic E-state index is 0. The molecule has 4 rings (SSSR count). The number of ether oxygens (including phenoxy) is 2. The van der Waals surface area contributed by atoms with Gasteiger partial charge in [-0.15, -0.1) is 24.0 Å². The minimum Gasteiger partial charge on any atom is -0.490 e. The Hall–Kier alpha value is -2.16. The van der Waals surface area contributed by atoms with Crippen LogP contribution in [0.15, 0.2) is 47.5 Å². The van der Waals surface area contributed by atoms with Gasteiger partial charge in [-0.1, -0.05) is 18.2 Å². The van der Waals surface area contributed by atoms with Crippen LogP contribution < -0.4 is 25.4 Å². The summed E-state index contributed by atoms with van der Waals surface area (Å²) in [5.41, 5.74) is 9.66. The van der Waals surface area contributed by atoms with Crippen LogP contribution in [0.3, 0.4) is 0 Å². The summed E-state index contributed by atoms with van der Waals surface area (Å²) in [7, 11) is 2.13. The van der Waals surface area contributed by atoms with Gasteiger partial charge in [0.1, 0.15) is 0 Å². The molecule has 0 aliphatic carbocycles. The van der Waals surface area contributed by atoms with E-state index >= 15 is 0 Å². The Kier molecular flexibility index (Phi) is 6.88. The van der Waals surface area contributed by atoms with E-state index in [1.54, 1.807) is 0 Å². The number of anilines is 2. The number of aliphatic imine (C=N–C) groups is 1. The average Bonchev–Trinajstić information content (AvgIpc) is 2.91. The third kappa shape index (κ3) is 4.81. The van der Waals surface area contributed by atoms with E-state index in [2.05, 4.69) is 46.5 Å². The van der Waals surface area contributed by atoms with Crippen LogP contribution in [0.5, 0.6) is 11.5 Å². The number of hydrogen-bond donors (Lipinski definition) is 2. The highest BCUT2D eigenvalue weighted by Gasteiger charge is 2.21. The molecule has 150 valence electrons. The number of halogens is 1. The molecule has 0 fully saturated rings. The fraction of sp³-hybridized carbons (Fsp3) is 0.381. The Morgan fingerprint density at radius 1 is 1.18 bits per heavy atom. The molecule has 2 heterocycles. The Morgan fingerprint density at radius 2 is 1.96 bits per heavy atom. The van der Waals surface area contributed by atoms with Crippen LogP contribution in [0.2, 0.25) is 0 Å². The summed E-state index contributed by atoms with van der Waals surface area (Å²) in [4.78, 5) is 6.86. The Morgan fingerprint density at radius 3 is 2.82 bits per heavy atom. The van der Waals surface area contributed by atoms with Crippen LogP contribution in [0.4, 0.5) is 11.4 Å². The van der Waals surface area contributed by atoms with E-state index in [9.17, 15) is 0 Å². The molecule has 2 aliphatic heterocycles. The summed E-state index contributed by atoms with van der Waals surface area (Å²) in [6.07, 6.45) is 1.92. The second-order valence-electron chi connectivity index (χ2n) is 7.14. The van der Waals surface area contributed by atoms with Crippen LogP contribution in [0.1, 0.15) is 12.0 Å². The number of guanidine groups is 1. The van der Waals surface area contributed by atoms with Gasteiger partial charge in [-0.2, -0.15) is 0 Å². The lowest BCUT2D eigenvalue weighted by Crippen LogP contribution is -2.34. The molecule has 0 bridgehead atoms. The van der Waals surface area contributed by atoms with Crippen molar-refractivity contribution < 1.29 is 9.47 Å². The van der Waals surface area contributed by atoms with E-state index in [4.69, 9.17) is 15.2 Å². The molecule has 0 aromatic heterocycles. The van der Waals surface area contributed by atoms with Crippen molar-refractivity contribution in [2.75, 3.05) is 43.6 Å². The van der Waals surface area contributed by atoms with E-state index in [1.807, 2.05) is 18.2 Å². The first-order valence-electron chi connectivity index (χ1n) is 9.44. The van der Waals surface area contributed by atoms with Crippen LogP contribution in [-0.2, 0) is 6.42 Å². The molecular weight excluding hydrogens is 467 g/mol. The summed E-state index contributed by atoms with van der Waals surface area (Å²) in [6, 6.07) is 14.3. The van der Waals surface area contributed by atoms with Crippen LogP contribution in [-0.4, -0.2) is 39.3 Å². The first-order valence-corrected chi connectivity index (χ1v) is 9.44. The standard InChI is InChI=1S/C21H26N4O2.HI/c1-25-14-15(11-16-5-2-3-6-18(16)25)13-23-21(22)24-17-7-8-19-20(12-17)27-10-4-9-26-19;/h2-3,5-8,12,15H,4,9-11,13-14H2,1H3,(H3,22,23,24);1H. The molecule has 6 nitrogen and oxygen atoms in total. The molecule has 7 heteroatoms. The highest BCUT2D eigenvalue weighted by Crippen LogP contribution is 2.32. The van der Waals surface area contributed by atoms with Crippen molar-refractivity contribution in [2.45, 2.75) is 12.8 Å². The zero-order valence-electron chi connectivity index (χ0n) is 16.1. The molecule has 0 spiro atoms.